The van der Waals surface area contributed by atoms with Crippen LogP contribution in [0, 0.1) is 0 Å². The van der Waals surface area contributed by atoms with Crippen molar-refractivity contribution in [2.24, 2.45) is 0 Å². The maximum Gasteiger partial charge on any atom is 0.270 e. The minimum atomic E-state index is -0.280. The summed E-state index contributed by atoms with van der Waals surface area (Å²) in [4.78, 5) is 28.5. The van der Waals surface area contributed by atoms with E-state index in [4.69, 9.17) is 0 Å². The number of Topliss-reactive ketones (excluding diaryl/α,β-unsaturated/α-hetero) is 1. The summed E-state index contributed by atoms with van der Waals surface area (Å²) in [5.41, 5.74) is 1.01. The first-order chi connectivity index (χ1) is 9.06. The van der Waals surface area contributed by atoms with Gasteiger partial charge < -0.3 is 15.0 Å². The Kier molecular flexibility index (Phi) is 2.93. The molecule has 0 aliphatic carbocycles. The zero-order chi connectivity index (χ0) is 13.6. The number of aromatic amines is 1. The minimum absolute atomic E-state index is 0.0488. The van der Waals surface area contributed by atoms with Gasteiger partial charge in [0, 0.05) is 23.8 Å². The molecule has 2 saturated heterocycles. The SMILES string of the molecule is CC(=O)c1c[nH]c(C(=O)N2C3CCC2CC(O)C3)c1. The van der Waals surface area contributed by atoms with Gasteiger partial charge in [0.15, 0.2) is 5.78 Å². The fraction of sp³-hybridized carbons (Fsp3) is 0.571. The molecule has 102 valence electrons. The van der Waals surface area contributed by atoms with Crippen molar-refractivity contribution in [3.05, 3.63) is 23.5 Å². The highest BCUT2D eigenvalue weighted by molar-refractivity contribution is 5.99. The van der Waals surface area contributed by atoms with Gasteiger partial charge in [-0.3, -0.25) is 9.59 Å². The molecule has 2 N–H and O–H groups in total. The third-order valence-electron chi connectivity index (χ3n) is 4.26. The smallest absolute Gasteiger partial charge is 0.270 e. The number of fused-ring (bicyclic) bond motifs is 2. The van der Waals surface area contributed by atoms with Crippen LogP contribution in [0.2, 0.25) is 0 Å². The Morgan fingerprint density at radius 2 is 1.95 bits per heavy atom. The van der Waals surface area contributed by atoms with E-state index in [-0.39, 0.29) is 29.9 Å². The molecule has 5 nitrogen and oxygen atoms in total. The van der Waals surface area contributed by atoms with Crippen molar-refractivity contribution in [2.45, 2.75) is 50.8 Å². The zero-order valence-electron chi connectivity index (χ0n) is 10.9. The van der Waals surface area contributed by atoms with Gasteiger partial charge in [0.1, 0.15) is 5.69 Å². The van der Waals surface area contributed by atoms with Gasteiger partial charge in [-0.25, -0.2) is 0 Å². The Balaban J connectivity index is 1.82. The minimum Gasteiger partial charge on any atom is -0.393 e. The lowest BCUT2D eigenvalue weighted by atomic mass is 9.99. The van der Waals surface area contributed by atoms with Crippen LogP contribution in [0.25, 0.3) is 0 Å². The van der Waals surface area contributed by atoms with Crippen molar-refractivity contribution < 1.29 is 14.7 Å². The monoisotopic (exact) mass is 262 g/mol. The molecule has 19 heavy (non-hydrogen) atoms. The van der Waals surface area contributed by atoms with Crippen LogP contribution in [-0.2, 0) is 0 Å². The van der Waals surface area contributed by atoms with Crippen LogP contribution in [0.1, 0.15) is 53.5 Å². The summed E-state index contributed by atoms with van der Waals surface area (Å²) >= 11 is 0. The topological polar surface area (TPSA) is 73.4 Å². The molecule has 0 spiro atoms. The molecule has 0 saturated carbocycles. The van der Waals surface area contributed by atoms with E-state index in [1.54, 1.807) is 12.3 Å². The highest BCUT2D eigenvalue weighted by Gasteiger charge is 2.43. The van der Waals surface area contributed by atoms with Crippen LogP contribution in [0.5, 0.6) is 0 Å². The van der Waals surface area contributed by atoms with E-state index in [0.717, 1.165) is 12.8 Å². The van der Waals surface area contributed by atoms with Crippen molar-refractivity contribution in [2.75, 3.05) is 0 Å². The standard InChI is InChI=1S/C14H18N2O3/c1-8(17)9-4-13(15-7-9)14(19)16-10-2-3-11(16)6-12(18)5-10/h4,7,10-12,15,18H,2-3,5-6H2,1H3. The maximum absolute atomic E-state index is 12.5. The number of piperidine rings is 1. The lowest BCUT2D eigenvalue weighted by molar-refractivity contribution is 0.0283. The molecule has 0 aromatic carbocycles. The summed E-state index contributed by atoms with van der Waals surface area (Å²) < 4.78 is 0. The molecule has 2 fully saturated rings. The number of H-pyrrole nitrogens is 1. The number of amides is 1. The van der Waals surface area contributed by atoms with Gasteiger partial charge in [-0.1, -0.05) is 0 Å². The summed E-state index contributed by atoms with van der Waals surface area (Å²) in [6.07, 6.45) is 4.57. The largest absolute Gasteiger partial charge is 0.393 e. The average Bonchev–Trinajstić information content (AvgIpc) is 2.93. The van der Waals surface area contributed by atoms with E-state index < -0.39 is 0 Å². The number of ketones is 1. The van der Waals surface area contributed by atoms with Crippen molar-refractivity contribution in [1.82, 2.24) is 9.88 Å². The van der Waals surface area contributed by atoms with Crippen LogP contribution in [0.4, 0.5) is 0 Å². The molecule has 2 bridgehead atoms. The first kappa shape index (κ1) is 12.4. The lowest BCUT2D eigenvalue weighted by Gasteiger charge is -2.36. The van der Waals surface area contributed by atoms with Crippen LogP contribution >= 0.6 is 0 Å². The van der Waals surface area contributed by atoms with Crippen molar-refractivity contribution in [3.8, 4) is 0 Å². The first-order valence-corrected chi connectivity index (χ1v) is 6.76. The molecular formula is C14H18N2O3. The second kappa shape index (κ2) is 4.49. The van der Waals surface area contributed by atoms with Gasteiger partial charge in [-0.2, -0.15) is 0 Å². The highest BCUT2D eigenvalue weighted by atomic mass is 16.3. The Hall–Kier alpha value is -1.62. The zero-order valence-corrected chi connectivity index (χ0v) is 10.9. The molecule has 5 heteroatoms. The van der Waals surface area contributed by atoms with Gasteiger partial charge in [-0.15, -0.1) is 0 Å². The van der Waals surface area contributed by atoms with Crippen molar-refractivity contribution in [3.63, 3.8) is 0 Å². The molecule has 2 unspecified atom stereocenters. The van der Waals surface area contributed by atoms with Crippen molar-refractivity contribution >= 4 is 11.7 Å². The summed E-state index contributed by atoms with van der Waals surface area (Å²) in [6, 6.07) is 1.91. The number of nitrogens with one attached hydrogen (secondary N) is 1. The maximum atomic E-state index is 12.5. The quantitative estimate of drug-likeness (QED) is 0.790. The van der Waals surface area contributed by atoms with Crippen LogP contribution in [0.15, 0.2) is 12.3 Å². The molecule has 0 radical (unpaired) electrons. The average molecular weight is 262 g/mol. The summed E-state index contributed by atoms with van der Waals surface area (Å²) in [7, 11) is 0. The Morgan fingerprint density at radius 3 is 2.47 bits per heavy atom. The number of aliphatic hydroxyl groups is 1. The van der Waals surface area contributed by atoms with Crippen LogP contribution in [0.3, 0.4) is 0 Å². The summed E-state index contributed by atoms with van der Waals surface area (Å²) in [5.74, 6) is -0.0979. The van der Waals surface area contributed by atoms with E-state index in [2.05, 4.69) is 4.98 Å². The molecule has 2 aliphatic heterocycles. The molecular weight excluding hydrogens is 244 g/mol. The fourth-order valence-corrected chi connectivity index (χ4v) is 3.34. The van der Waals surface area contributed by atoms with E-state index in [1.807, 2.05) is 4.90 Å². The van der Waals surface area contributed by atoms with Gasteiger partial charge in [0.05, 0.1) is 6.10 Å². The Labute approximate surface area is 111 Å². The highest BCUT2D eigenvalue weighted by Crippen LogP contribution is 2.36. The second-order valence-corrected chi connectivity index (χ2v) is 5.58. The van der Waals surface area contributed by atoms with E-state index in [1.165, 1.54) is 6.92 Å². The van der Waals surface area contributed by atoms with Gasteiger partial charge in [-0.05, 0) is 38.7 Å². The number of nitrogens with zero attached hydrogens (tertiary/aromatic N) is 1. The van der Waals surface area contributed by atoms with Crippen LogP contribution < -0.4 is 0 Å². The normalized spacial score (nSPS) is 29.6. The predicted octanol–water partition coefficient (Wildman–Crippen LogP) is 1.35. The molecule has 3 heterocycles. The molecule has 2 aliphatic rings. The third kappa shape index (κ3) is 2.08. The second-order valence-electron chi connectivity index (χ2n) is 5.58. The molecule has 3 rings (SSSR count). The number of carbonyl (C=O) groups excluding carboxylic acids is 2. The lowest BCUT2D eigenvalue weighted by Crippen LogP contribution is -2.48. The Morgan fingerprint density at radius 1 is 1.32 bits per heavy atom. The number of aromatic nitrogens is 1. The Bertz CT molecular complexity index is 509. The summed E-state index contributed by atoms with van der Waals surface area (Å²) in [5, 5.41) is 9.75. The van der Waals surface area contributed by atoms with Gasteiger partial charge >= 0.3 is 0 Å². The first-order valence-electron chi connectivity index (χ1n) is 6.76. The van der Waals surface area contributed by atoms with E-state index in [9.17, 15) is 14.7 Å². The number of aliphatic hydroxyl groups excluding tert-OH is 1. The molecule has 1 aromatic rings. The number of rotatable bonds is 2. The number of hydrogen-bond donors (Lipinski definition) is 2. The summed E-state index contributed by atoms with van der Waals surface area (Å²) in [6.45, 7) is 1.48. The van der Waals surface area contributed by atoms with Crippen molar-refractivity contribution in [1.29, 1.82) is 0 Å². The number of carbonyl (C=O) groups is 2. The molecule has 1 amide bonds. The molecule has 1 aromatic heterocycles. The van der Waals surface area contributed by atoms with E-state index in [0.29, 0.717) is 24.1 Å². The number of hydrogen-bond acceptors (Lipinski definition) is 3. The third-order valence-corrected chi connectivity index (χ3v) is 4.26. The van der Waals surface area contributed by atoms with E-state index >= 15 is 0 Å². The molecule has 2 atom stereocenters. The van der Waals surface area contributed by atoms with Gasteiger partial charge in [0.25, 0.3) is 5.91 Å². The van der Waals surface area contributed by atoms with Crippen LogP contribution in [-0.4, -0.2) is 44.9 Å². The fourth-order valence-electron chi connectivity index (χ4n) is 3.34. The predicted molar refractivity (Wildman–Crippen MR) is 69.0 cm³/mol. The van der Waals surface area contributed by atoms with Gasteiger partial charge in [0.2, 0.25) is 0 Å².